The van der Waals surface area contributed by atoms with Crippen molar-refractivity contribution in [1.29, 1.82) is 0 Å². The Morgan fingerprint density at radius 3 is 2.59 bits per heavy atom. The monoisotopic (exact) mass is 745 g/mol. The van der Waals surface area contributed by atoms with E-state index in [1.807, 2.05) is 24.3 Å². The molecule has 290 valence electrons. The van der Waals surface area contributed by atoms with Crippen LogP contribution in [0.25, 0.3) is 0 Å². The summed E-state index contributed by atoms with van der Waals surface area (Å²) in [5, 5.41) is 36.7. The Morgan fingerprint density at radius 2 is 1.89 bits per heavy atom. The first-order valence-electron chi connectivity index (χ1n) is 19.3. The van der Waals surface area contributed by atoms with Crippen LogP contribution in [0.5, 0.6) is 0 Å². The molecule has 10 atom stereocenters. The lowest BCUT2D eigenvalue weighted by Gasteiger charge is -2.72. The molecule has 1 heterocycles. The fourth-order valence-corrected chi connectivity index (χ4v) is 12.7. The number of carboxylic acids is 1. The number of aliphatic hydroxyl groups is 2. The van der Waals surface area contributed by atoms with Gasteiger partial charge in [-0.2, -0.15) is 0 Å². The van der Waals surface area contributed by atoms with E-state index in [2.05, 4.69) is 24.5 Å². The summed E-state index contributed by atoms with van der Waals surface area (Å²) in [6.07, 6.45) is 8.86. The number of ketones is 2. The largest absolute Gasteiger partial charge is 0.481 e. The van der Waals surface area contributed by atoms with Crippen LogP contribution >= 0.6 is 0 Å². The van der Waals surface area contributed by atoms with Gasteiger partial charge in [0.2, 0.25) is 11.8 Å². The molecule has 0 aromatic heterocycles. The summed E-state index contributed by atoms with van der Waals surface area (Å²) >= 11 is 0. The SMILES string of the molecule is C[C@]12C=CC(=O)C=C1CC[C@@H]1[C@@H]2[C@@H](O)C[C@@]2(C)[C@H]1C[C@H]1O[C@@H](C34CC(Cc5cccc(NC(=O)[C@H](CCC(=O)O)NC(=O)CN)c5)(C3)C4)O[C@]12C(=O)CO. The minimum atomic E-state index is -1.36. The third-order valence-electron chi connectivity index (χ3n) is 14.7. The molecule has 0 unspecified atom stereocenters. The zero-order chi connectivity index (χ0) is 38.4. The van der Waals surface area contributed by atoms with Gasteiger partial charge in [0.05, 0.1) is 18.8 Å². The molecule has 0 spiro atoms. The van der Waals surface area contributed by atoms with Gasteiger partial charge >= 0.3 is 5.97 Å². The average molecular weight is 746 g/mol. The van der Waals surface area contributed by atoms with Crippen LogP contribution in [-0.2, 0) is 39.9 Å². The highest BCUT2D eigenvalue weighted by Crippen LogP contribution is 2.79. The van der Waals surface area contributed by atoms with Crippen molar-refractivity contribution >= 4 is 35.0 Å². The third kappa shape index (κ3) is 5.48. The van der Waals surface area contributed by atoms with Crippen LogP contribution in [0.15, 0.2) is 48.1 Å². The fraction of sp³-hybridized carbons (Fsp3) is 0.634. The van der Waals surface area contributed by atoms with Crippen LogP contribution in [-0.4, -0.2) is 88.0 Å². The number of hydrogen-bond acceptors (Lipinski definition) is 10. The summed E-state index contributed by atoms with van der Waals surface area (Å²) in [5.41, 5.74) is 5.22. The maximum Gasteiger partial charge on any atom is 0.303 e. The maximum atomic E-state index is 14.0. The molecule has 6 saturated carbocycles. The van der Waals surface area contributed by atoms with E-state index >= 15 is 0 Å². The van der Waals surface area contributed by atoms with Gasteiger partial charge in [-0.05, 0) is 105 Å². The lowest BCUT2D eigenvalue weighted by Crippen LogP contribution is -2.69. The summed E-state index contributed by atoms with van der Waals surface area (Å²) < 4.78 is 13.7. The number of carbonyl (C=O) groups excluding carboxylic acids is 4. The molecular formula is C41H51N3O10. The van der Waals surface area contributed by atoms with Crippen molar-refractivity contribution < 1.29 is 48.8 Å². The molecule has 0 radical (unpaired) electrons. The molecule has 9 rings (SSSR count). The number of ether oxygens (including phenoxy) is 2. The number of allylic oxidation sites excluding steroid dienone is 4. The molecule has 8 aliphatic rings. The standard InChI is InChI=1S/C41H51N3O10/c1-37-11-10-25(46)13-23(37)6-7-26-27-14-31-41(30(48)18-45,38(27,2)16-29(47)34(26)37)54-36(53-31)40-19-39(20-40,21-40)15-22-4-3-5-24(12-22)43-35(52)28(8-9-33(50)51)44-32(49)17-42/h3-5,10-13,26-29,31,34,36,45,47H,6-9,14-21,42H2,1-2H3,(H,43,52)(H,44,49)(H,50,51)/t26-,27-,28-,29-,31+,34+,36+,37-,38-,39?,40?,41+/m0/s1. The average Bonchev–Trinajstić information content (AvgIpc) is 3.59. The van der Waals surface area contributed by atoms with Gasteiger partial charge in [-0.25, -0.2) is 0 Å². The minimum absolute atomic E-state index is 0.0126. The minimum Gasteiger partial charge on any atom is -0.481 e. The maximum absolute atomic E-state index is 14.0. The zero-order valence-corrected chi connectivity index (χ0v) is 30.8. The van der Waals surface area contributed by atoms with Gasteiger partial charge in [-0.3, -0.25) is 24.0 Å². The predicted molar refractivity (Wildman–Crippen MR) is 193 cm³/mol. The van der Waals surface area contributed by atoms with Crippen LogP contribution in [0, 0.1) is 39.4 Å². The normalized spacial score (nSPS) is 41.5. The van der Waals surface area contributed by atoms with Crippen molar-refractivity contribution in [1.82, 2.24) is 5.32 Å². The summed E-state index contributed by atoms with van der Waals surface area (Å²) in [4.78, 5) is 62.3. The van der Waals surface area contributed by atoms with Gasteiger partial charge in [0, 0.05) is 34.3 Å². The van der Waals surface area contributed by atoms with E-state index in [9.17, 15) is 34.2 Å². The van der Waals surface area contributed by atoms with E-state index in [4.69, 9.17) is 20.3 Å². The number of Topliss-reactive ketones (excluding diaryl/α,β-unsaturated/α-hetero) is 1. The Kier molecular flexibility index (Phi) is 8.89. The Balaban J connectivity index is 0.946. The lowest BCUT2D eigenvalue weighted by atomic mass is 9.33. The number of amides is 2. The molecule has 1 aliphatic heterocycles. The van der Waals surface area contributed by atoms with Gasteiger partial charge in [0.25, 0.3) is 0 Å². The number of rotatable bonds is 12. The molecule has 2 bridgehead atoms. The first-order valence-corrected chi connectivity index (χ1v) is 19.3. The summed E-state index contributed by atoms with van der Waals surface area (Å²) in [5.74, 6) is -2.53. The Morgan fingerprint density at radius 1 is 1.13 bits per heavy atom. The Bertz CT molecular complexity index is 1840. The van der Waals surface area contributed by atoms with Crippen molar-refractivity contribution in [2.24, 2.45) is 45.1 Å². The molecule has 7 N–H and O–H groups in total. The Labute approximate surface area is 314 Å². The molecule has 54 heavy (non-hydrogen) atoms. The Hall–Kier alpha value is -3.75. The second-order valence-electron chi connectivity index (χ2n) is 17.9. The van der Waals surface area contributed by atoms with Gasteiger partial charge in [0.15, 0.2) is 23.5 Å². The molecule has 1 aromatic rings. The summed E-state index contributed by atoms with van der Waals surface area (Å²) in [6, 6.07) is 6.43. The van der Waals surface area contributed by atoms with E-state index in [0.717, 1.165) is 49.7 Å². The van der Waals surface area contributed by atoms with E-state index in [-0.39, 0.29) is 59.5 Å². The number of anilines is 1. The van der Waals surface area contributed by atoms with E-state index in [1.165, 1.54) is 0 Å². The number of aliphatic carboxylic acids is 1. The second kappa shape index (κ2) is 12.9. The van der Waals surface area contributed by atoms with E-state index in [0.29, 0.717) is 18.5 Å². The number of nitrogens with one attached hydrogen (secondary N) is 2. The molecule has 13 nitrogen and oxygen atoms in total. The van der Waals surface area contributed by atoms with Crippen molar-refractivity contribution in [3.63, 3.8) is 0 Å². The molecule has 1 aromatic carbocycles. The van der Waals surface area contributed by atoms with Crippen LogP contribution < -0.4 is 16.4 Å². The number of nitrogens with two attached hydrogens (primary N) is 1. The highest BCUT2D eigenvalue weighted by atomic mass is 16.7. The molecular weight excluding hydrogens is 694 g/mol. The van der Waals surface area contributed by atoms with Crippen LogP contribution in [0.1, 0.15) is 77.2 Å². The van der Waals surface area contributed by atoms with Crippen LogP contribution in [0.2, 0.25) is 0 Å². The first kappa shape index (κ1) is 37.2. The van der Waals surface area contributed by atoms with Gasteiger partial charge in [0.1, 0.15) is 12.6 Å². The fourth-order valence-electron chi connectivity index (χ4n) is 12.7. The van der Waals surface area contributed by atoms with E-state index in [1.54, 1.807) is 18.2 Å². The van der Waals surface area contributed by atoms with Gasteiger partial charge in [-0.15, -0.1) is 0 Å². The van der Waals surface area contributed by atoms with Gasteiger partial charge in [-0.1, -0.05) is 37.6 Å². The van der Waals surface area contributed by atoms with E-state index < -0.39 is 65.4 Å². The first-order chi connectivity index (χ1) is 25.6. The van der Waals surface area contributed by atoms with Crippen molar-refractivity contribution in [2.45, 2.75) is 108 Å². The van der Waals surface area contributed by atoms with Crippen molar-refractivity contribution in [2.75, 3.05) is 18.5 Å². The summed E-state index contributed by atoms with van der Waals surface area (Å²) in [7, 11) is 0. The molecule has 2 amide bonds. The van der Waals surface area contributed by atoms with Crippen LogP contribution in [0.3, 0.4) is 0 Å². The highest BCUT2D eigenvalue weighted by Gasteiger charge is 2.80. The lowest BCUT2D eigenvalue weighted by molar-refractivity contribution is -0.323. The number of fused-ring (bicyclic) bond motifs is 7. The number of benzene rings is 1. The summed E-state index contributed by atoms with van der Waals surface area (Å²) in [6.45, 7) is 3.18. The number of aliphatic hydroxyl groups excluding tert-OH is 2. The molecule has 1 saturated heterocycles. The molecule has 7 fully saturated rings. The molecule has 13 heteroatoms. The number of carbonyl (C=O) groups is 5. The smallest absolute Gasteiger partial charge is 0.303 e. The second-order valence-corrected chi connectivity index (χ2v) is 17.9. The predicted octanol–water partition coefficient (Wildman–Crippen LogP) is 2.58. The third-order valence-corrected chi connectivity index (χ3v) is 14.7. The van der Waals surface area contributed by atoms with Crippen molar-refractivity contribution in [3.8, 4) is 0 Å². The van der Waals surface area contributed by atoms with Crippen molar-refractivity contribution in [3.05, 3.63) is 53.6 Å². The van der Waals surface area contributed by atoms with Crippen LogP contribution in [0.4, 0.5) is 5.69 Å². The number of hydrogen-bond donors (Lipinski definition) is 6. The topological polar surface area (TPSA) is 215 Å². The highest BCUT2D eigenvalue weighted by molar-refractivity contribution is 6.01. The quantitative estimate of drug-likeness (QED) is 0.183. The van der Waals surface area contributed by atoms with Gasteiger partial charge < -0.3 is 41.2 Å². The molecule has 7 aliphatic carbocycles. The number of carboxylic acid groups (broad SMARTS) is 1. The zero-order valence-electron chi connectivity index (χ0n) is 30.8.